The van der Waals surface area contributed by atoms with Crippen molar-refractivity contribution in [3.8, 4) is 0 Å². The lowest BCUT2D eigenvalue weighted by atomic mass is 10.0. The highest BCUT2D eigenvalue weighted by Gasteiger charge is 2.17. The second-order valence-electron chi connectivity index (χ2n) is 5.41. The van der Waals surface area contributed by atoms with Gasteiger partial charge in [-0.2, -0.15) is 5.10 Å². The number of aliphatic hydroxyl groups is 1. The van der Waals surface area contributed by atoms with Crippen LogP contribution in [0.1, 0.15) is 49.0 Å². The van der Waals surface area contributed by atoms with Crippen LogP contribution in [0.25, 0.3) is 0 Å². The van der Waals surface area contributed by atoms with Crippen LogP contribution in [0.2, 0.25) is 0 Å². The van der Waals surface area contributed by atoms with Gasteiger partial charge in [0.25, 0.3) is 0 Å². The number of nitrogens with zero attached hydrogens (tertiary/aromatic N) is 2. The van der Waals surface area contributed by atoms with Crippen LogP contribution in [0.15, 0.2) is 36.7 Å². The van der Waals surface area contributed by atoms with Crippen molar-refractivity contribution in [1.82, 2.24) is 15.1 Å². The van der Waals surface area contributed by atoms with Crippen molar-refractivity contribution in [3.63, 3.8) is 0 Å². The summed E-state index contributed by atoms with van der Waals surface area (Å²) in [5.41, 5.74) is 3.59. The number of nitrogens with one attached hydrogen (secondary N) is 1. The second kappa shape index (κ2) is 7.38. The lowest BCUT2D eigenvalue weighted by molar-refractivity contribution is 0.232. The maximum absolute atomic E-state index is 9.72. The SMILES string of the molecule is CCc1ccc(C(CO)NC(CC)c2cnn(C)c2)cc1. The quantitative estimate of drug-likeness (QED) is 0.823. The van der Waals surface area contributed by atoms with Crippen molar-refractivity contribution in [2.24, 2.45) is 7.05 Å². The molecule has 0 amide bonds. The Labute approximate surface area is 126 Å². The molecule has 0 saturated heterocycles. The van der Waals surface area contributed by atoms with E-state index in [0.29, 0.717) is 0 Å². The fourth-order valence-corrected chi connectivity index (χ4v) is 2.55. The summed E-state index contributed by atoms with van der Waals surface area (Å²) in [6, 6.07) is 8.60. The normalized spacial score (nSPS) is 14.1. The van der Waals surface area contributed by atoms with Crippen LogP contribution in [-0.4, -0.2) is 21.5 Å². The lowest BCUT2D eigenvalue weighted by Gasteiger charge is -2.23. The van der Waals surface area contributed by atoms with Crippen molar-refractivity contribution < 1.29 is 5.11 Å². The minimum absolute atomic E-state index is 0.0546. The van der Waals surface area contributed by atoms with Gasteiger partial charge < -0.3 is 10.4 Å². The van der Waals surface area contributed by atoms with Gasteiger partial charge in [-0.05, 0) is 24.0 Å². The van der Waals surface area contributed by atoms with E-state index in [0.717, 1.165) is 24.0 Å². The van der Waals surface area contributed by atoms with Gasteiger partial charge in [0.05, 0.1) is 18.8 Å². The number of aromatic nitrogens is 2. The molecule has 4 nitrogen and oxygen atoms in total. The minimum atomic E-state index is -0.0546. The van der Waals surface area contributed by atoms with Gasteiger partial charge in [-0.1, -0.05) is 38.1 Å². The summed E-state index contributed by atoms with van der Waals surface area (Å²) >= 11 is 0. The molecule has 2 rings (SSSR count). The van der Waals surface area contributed by atoms with Crippen LogP contribution >= 0.6 is 0 Å². The van der Waals surface area contributed by atoms with Gasteiger partial charge in [-0.3, -0.25) is 4.68 Å². The first-order valence-electron chi connectivity index (χ1n) is 7.62. The Morgan fingerprint density at radius 1 is 1.14 bits per heavy atom. The average molecular weight is 287 g/mol. The molecule has 0 spiro atoms. The number of aryl methyl sites for hydroxylation is 2. The highest BCUT2D eigenvalue weighted by atomic mass is 16.3. The van der Waals surface area contributed by atoms with E-state index in [1.54, 1.807) is 0 Å². The highest BCUT2D eigenvalue weighted by Crippen LogP contribution is 2.22. The summed E-state index contributed by atoms with van der Waals surface area (Å²) in [6.07, 6.45) is 5.89. The standard InChI is InChI=1S/C17H25N3O/c1-4-13-6-8-14(9-7-13)17(12-21)19-16(5-2)15-10-18-20(3)11-15/h6-11,16-17,19,21H,4-5,12H2,1-3H3. The third kappa shape index (κ3) is 3.93. The molecular weight excluding hydrogens is 262 g/mol. The molecular formula is C17H25N3O. The first kappa shape index (κ1) is 15.7. The zero-order valence-electron chi connectivity index (χ0n) is 13.1. The Kier molecular flexibility index (Phi) is 5.53. The molecule has 2 N–H and O–H groups in total. The molecule has 21 heavy (non-hydrogen) atoms. The molecule has 2 aromatic rings. The molecule has 1 heterocycles. The molecule has 114 valence electrons. The molecule has 2 atom stereocenters. The molecule has 1 aromatic heterocycles. The number of hydrogen-bond acceptors (Lipinski definition) is 3. The van der Waals surface area contributed by atoms with Gasteiger partial charge in [-0.25, -0.2) is 0 Å². The zero-order valence-corrected chi connectivity index (χ0v) is 13.1. The van der Waals surface area contributed by atoms with Crippen LogP contribution in [-0.2, 0) is 13.5 Å². The molecule has 0 aliphatic rings. The fraction of sp³-hybridized carbons (Fsp3) is 0.471. The summed E-state index contributed by atoms with van der Waals surface area (Å²) in [5.74, 6) is 0. The van der Waals surface area contributed by atoms with Crippen LogP contribution in [0.4, 0.5) is 0 Å². The van der Waals surface area contributed by atoms with Crippen molar-refractivity contribution in [2.45, 2.75) is 38.8 Å². The van der Waals surface area contributed by atoms with Crippen molar-refractivity contribution in [3.05, 3.63) is 53.3 Å². The Bertz CT molecular complexity index is 547. The first-order chi connectivity index (χ1) is 10.2. The monoisotopic (exact) mass is 287 g/mol. The van der Waals surface area contributed by atoms with Crippen LogP contribution in [0.5, 0.6) is 0 Å². The summed E-state index contributed by atoms with van der Waals surface area (Å²) in [7, 11) is 1.92. The summed E-state index contributed by atoms with van der Waals surface area (Å²) in [5, 5.41) is 17.5. The van der Waals surface area contributed by atoms with E-state index in [2.05, 4.69) is 48.5 Å². The van der Waals surface area contributed by atoms with E-state index in [-0.39, 0.29) is 18.7 Å². The van der Waals surface area contributed by atoms with Gasteiger partial charge in [0.15, 0.2) is 0 Å². The van der Waals surface area contributed by atoms with Crippen LogP contribution in [0, 0.1) is 0 Å². The highest BCUT2D eigenvalue weighted by molar-refractivity contribution is 5.25. The molecule has 0 bridgehead atoms. The largest absolute Gasteiger partial charge is 0.394 e. The van der Waals surface area contributed by atoms with Gasteiger partial charge in [-0.15, -0.1) is 0 Å². The third-order valence-electron chi connectivity index (χ3n) is 3.91. The summed E-state index contributed by atoms with van der Waals surface area (Å²) < 4.78 is 1.81. The van der Waals surface area contributed by atoms with E-state index < -0.39 is 0 Å². The minimum Gasteiger partial charge on any atom is -0.394 e. The van der Waals surface area contributed by atoms with Crippen molar-refractivity contribution >= 4 is 0 Å². The molecule has 4 heteroatoms. The Morgan fingerprint density at radius 3 is 2.33 bits per heavy atom. The number of aliphatic hydroxyl groups excluding tert-OH is 1. The van der Waals surface area contributed by atoms with Crippen molar-refractivity contribution in [1.29, 1.82) is 0 Å². The summed E-state index contributed by atoms with van der Waals surface area (Å²) in [4.78, 5) is 0. The molecule has 0 saturated carbocycles. The Balaban J connectivity index is 2.12. The van der Waals surface area contributed by atoms with E-state index >= 15 is 0 Å². The van der Waals surface area contributed by atoms with Gasteiger partial charge >= 0.3 is 0 Å². The summed E-state index contributed by atoms with van der Waals surface area (Å²) in [6.45, 7) is 4.37. The molecule has 2 unspecified atom stereocenters. The average Bonchev–Trinajstić information content (AvgIpc) is 2.95. The molecule has 0 radical (unpaired) electrons. The van der Waals surface area contributed by atoms with Gasteiger partial charge in [0.1, 0.15) is 0 Å². The van der Waals surface area contributed by atoms with E-state index in [4.69, 9.17) is 0 Å². The molecule has 1 aromatic carbocycles. The van der Waals surface area contributed by atoms with E-state index in [9.17, 15) is 5.11 Å². The fourth-order valence-electron chi connectivity index (χ4n) is 2.55. The van der Waals surface area contributed by atoms with E-state index in [1.807, 2.05) is 24.1 Å². The van der Waals surface area contributed by atoms with Crippen LogP contribution < -0.4 is 5.32 Å². The topological polar surface area (TPSA) is 50.1 Å². The lowest BCUT2D eigenvalue weighted by Crippen LogP contribution is -2.28. The predicted octanol–water partition coefficient (Wildman–Crippen LogP) is 2.76. The Morgan fingerprint density at radius 2 is 1.86 bits per heavy atom. The van der Waals surface area contributed by atoms with E-state index in [1.165, 1.54) is 5.56 Å². The second-order valence-corrected chi connectivity index (χ2v) is 5.41. The number of benzene rings is 1. The zero-order chi connectivity index (χ0) is 15.2. The third-order valence-corrected chi connectivity index (χ3v) is 3.91. The maximum Gasteiger partial charge on any atom is 0.0626 e. The number of rotatable bonds is 7. The van der Waals surface area contributed by atoms with Gasteiger partial charge in [0.2, 0.25) is 0 Å². The predicted molar refractivity (Wildman–Crippen MR) is 85.0 cm³/mol. The maximum atomic E-state index is 9.72. The molecule has 0 aliphatic heterocycles. The smallest absolute Gasteiger partial charge is 0.0626 e. The van der Waals surface area contributed by atoms with Gasteiger partial charge in [0, 0.05) is 24.8 Å². The van der Waals surface area contributed by atoms with Crippen molar-refractivity contribution in [2.75, 3.05) is 6.61 Å². The Hall–Kier alpha value is -1.65. The molecule has 0 aliphatic carbocycles. The van der Waals surface area contributed by atoms with Crippen LogP contribution in [0.3, 0.4) is 0 Å². The molecule has 0 fully saturated rings. The first-order valence-corrected chi connectivity index (χ1v) is 7.62. The number of hydrogen-bond donors (Lipinski definition) is 2.